The Morgan fingerprint density at radius 2 is 1.94 bits per heavy atom. The number of aryl methyl sites for hydroxylation is 1. The monoisotopic (exact) mass is 243 g/mol. The van der Waals surface area contributed by atoms with E-state index in [9.17, 15) is 0 Å². The fourth-order valence-electron chi connectivity index (χ4n) is 1.54. The number of rotatable bonds is 5. The summed E-state index contributed by atoms with van der Waals surface area (Å²) in [6.07, 6.45) is 4.37. The molecule has 2 heterocycles. The van der Waals surface area contributed by atoms with Gasteiger partial charge in [-0.25, -0.2) is 15.0 Å². The maximum atomic E-state index is 4.38. The molecule has 0 aliphatic carbocycles. The largest absolute Gasteiger partial charge is 0.370 e. The van der Waals surface area contributed by atoms with Crippen molar-refractivity contribution in [2.45, 2.75) is 20.3 Å². The highest BCUT2D eigenvalue weighted by Crippen LogP contribution is 2.14. The van der Waals surface area contributed by atoms with Gasteiger partial charge < -0.3 is 10.6 Å². The average molecular weight is 243 g/mol. The maximum Gasteiger partial charge on any atom is 0.134 e. The van der Waals surface area contributed by atoms with Crippen LogP contribution in [0.5, 0.6) is 0 Å². The third-order valence-corrected chi connectivity index (χ3v) is 2.42. The minimum absolute atomic E-state index is 0.792. The molecular weight excluding hydrogens is 226 g/mol. The van der Waals surface area contributed by atoms with Gasteiger partial charge in [-0.2, -0.15) is 0 Å². The Labute approximate surface area is 107 Å². The smallest absolute Gasteiger partial charge is 0.134 e. The van der Waals surface area contributed by atoms with Crippen molar-refractivity contribution in [3.63, 3.8) is 0 Å². The summed E-state index contributed by atoms with van der Waals surface area (Å²) in [6, 6.07) is 5.75. The zero-order valence-electron chi connectivity index (χ0n) is 10.6. The molecule has 0 atom stereocenters. The Bertz CT molecular complexity index is 495. The van der Waals surface area contributed by atoms with Crippen LogP contribution in [0.2, 0.25) is 0 Å². The fourth-order valence-corrected chi connectivity index (χ4v) is 1.54. The van der Waals surface area contributed by atoms with Gasteiger partial charge in [-0.1, -0.05) is 6.92 Å². The summed E-state index contributed by atoms with van der Waals surface area (Å²) in [7, 11) is 0. The van der Waals surface area contributed by atoms with E-state index in [1.54, 1.807) is 12.4 Å². The highest BCUT2D eigenvalue weighted by Gasteiger charge is 1.99. The first-order valence-electron chi connectivity index (χ1n) is 6.10. The zero-order chi connectivity index (χ0) is 12.8. The van der Waals surface area contributed by atoms with Gasteiger partial charge in [0.15, 0.2) is 0 Å². The van der Waals surface area contributed by atoms with Gasteiger partial charge in [0.05, 0.1) is 11.9 Å². The van der Waals surface area contributed by atoms with Crippen LogP contribution in [0.4, 0.5) is 17.3 Å². The van der Waals surface area contributed by atoms with Gasteiger partial charge >= 0.3 is 0 Å². The first-order valence-corrected chi connectivity index (χ1v) is 6.10. The molecule has 2 N–H and O–H groups in total. The summed E-state index contributed by atoms with van der Waals surface area (Å²) >= 11 is 0. The molecule has 0 aromatic carbocycles. The first-order chi connectivity index (χ1) is 8.81. The lowest BCUT2D eigenvalue weighted by molar-refractivity contribution is 0.943. The Balaban J connectivity index is 2.08. The van der Waals surface area contributed by atoms with Crippen LogP contribution in [0.15, 0.2) is 30.6 Å². The summed E-state index contributed by atoms with van der Waals surface area (Å²) in [5, 5.41) is 6.36. The molecule has 0 fully saturated rings. The van der Waals surface area contributed by atoms with E-state index in [0.29, 0.717) is 0 Å². The topological polar surface area (TPSA) is 62.7 Å². The van der Waals surface area contributed by atoms with Crippen LogP contribution >= 0.6 is 0 Å². The van der Waals surface area contributed by atoms with E-state index in [0.717, 1.165) is 36.1 Å². The van der Waals surface area contributed by atoms with Gasteiger partial charge in [-0.3, -0.25) is 0 Å². The molecule has 0 unspecified atom stereocenters. The van der Waals surface area contributed by atoms with Crippen LogP contribution < -0.4 is 10.6 Å². The number of nitrogens with zero attached hydrogens (tertiary/aromatic N) is 3. The van der Waals surface area contributed by atoms with Crippen molar-refractivity contribution in [2.75, 3.05) is 17.2 Å². The van der Waals surface area contributed by atoms with E-state index < -0.39 is 0 Å². The number of hydrogen-bond donors (Lipinski definition) is 2. The second-order valence-corrected chi connectivity index (χ2v) is 3.80. The van der Waals surface area contributed by atoms with Crippen LogP contribution in [0.25, 0.3) is 0 Å². The molecule has 94 valence electrons. The number of aromatic nitrogens is 3. The molecule has 0 saturated carbocycles. The quantitative estimate of drug-likeness (QED) is 0.845. The Kier molecular flexibility index (Phi) is 4.06. The van der Waals surface area contributed by atoms with Crippen LogP contribution in [-0.2, 0) is 6.42 Å². The predicted octanol–water partition coefficient (Wildman–Crippen LogP) is 2.61. The minimum Gasteiger partial charge on any atom is -0.370 e. The second kappa shape index (κ2) is 5.95. The van der Waals surface area contributed by atoms with Crippen LogP contribution in [-0.4, -0.2) is 21.5 Å². The normalized spacial score (nSPS) is 10.1. The molecule has 0 spiro atoms. The van der Waals surface area contributed by atoms with E-state index in [4.69, 9.17) is 0 Å². The van der Waals surface area contributed by atoms with Crippen molar-refractivity contribution in [2.24, 2.45) is 0 Å². The number of hydrogen-bond acceptors (Lipinski definition) is 5. The van der Waals surface area contributed by atoms with Gasteiger partial charge in [-0.05, 0) is 25.1 Å². The van der Waals surface area contributed by atoms with Gasteiger partial charge in [0.25, 0.3) is 0 Å². The van der Waals surface area contributed by atoms with Crippen LogP contribution in [0.1, 0.15) is 19.7 Å². The molecular formula is C13H17N5. The maximum absolute atomic E-state index is 4.38. The Morgan fingerprint density at radius 3 is 2.61 bits per heavy atom. The molecule has 0 aliphatic heterocycles. The fraction of sp³-hybridized carbons (Fsp3) is 0.308. The SMILES string of the molecule is CCNc1ccc(Nc2ccnc(CC)n2)cn1. The van der Waals surface area contributed by atoms with E-state index in [1.165, 1.54) is 0 Å². The standard InChI is InChI=1S/C13H17N5/c1-3-11-15-8-7-13(18-11)17-10-5-6-12(14-4-2)16-9-10/h5-9H,3-4H2,1-2H3,(H,14,16)(H,15,17,18). The van der Waals surface area contributed by atoms with Crippen LogP contribution in [0.3, 0.4) is 0 Å². The summed E-state index contributed by atoms with van der Waals surface area (Å²) in [5.41, 5.74) is 0.914. The third kappa shape index (κ3) is 3.16. The Hall–Kier alpha value is -2.17. The number of anilines is 3. The third-order valence-electron chi connectivity index (χ3n) is 2.42. The van der Waals surface area contributed by atoms with Gasteiger partial charge in [0.1, 0.15) is 17.5 Å². The zero-order valence-corrected chi connectivity index (χ0v) is 10.6. The van der Waals surface area contributed by atoms with Crippen molar-refractivity contribution in [3.8, 4) is 0 Å². The molecule has 5 heteroatoms. The highest BCUT2D eigenvalue weighted by atomic mass is 15.0. The highest BCUT2D eigenvalue weighted by molar-refractivity contribution is 5.56. The van der Waals surface area contributed by atoms with E-state index in [-0.39, 0.29) is 0 Å². The van der Waals surface area contributed by atoms with Crippen molar-refractivity contribution in [1.29, 1.82) is 0 Å². The first kappa shape index (κ1) is 12.3. The molecule has 2 aromatic heterocycles. The summed E-state index contributed by atoms with van der Waals surface area (Å²) in [5.74, 6) is 2.50. The van der Waals surface area contributed by atoms with Gasteiger partial charge in [0, 0.05) is 19.2 Å². The molecule has 0 bridgehead atoms. The van der Waals surface area contributed by atoms with E-state index in [2.05, 4.69) is 25.6 Å². The molecule has 2 rings (SSSR count). The van der Waals surface area contributed by atoms with E-state index >= 15 is 0 Å². The van der Waals surface area contributed by atoms with Gasteiger partial charge in [0.2, 0.25) is 0 Å². The molecule has 5 nitrogen and oxygen atoms in total. The molecule has 0 aliphatic rings. The molecule has 18 heavy (non-hydrogen) atoms. The predicted molar refractivity (Wildman–Crippen MR) is 73.1 cm³/mol. The lowest BCUT2D eigenvalue weighted by Crippen LogP contribution is -2.01. The molecule has 0 radical (unpaired) electrons. The van der Waals surface area contributed by atoms with Crippen molar-refractivity contribution in [3.05, 3.63) is 36.4 Å². The lowest BCUT2D eigenvalue weighted by atomic mass is 10.4. The van der Waals surface area contributed by atoms with Crippen LogP contribution in [0, 0.1) is 0 Å². The lowest BCUT2D eigenvalue weighted by Gasteiger charge is -2.07. The Morgan fingerprint density at radius 1 is 1.06 bits per heavy atom. The van der Waals surface area contributed by atoms with Gasteiger partial charge in [-0.15, -0.1) is 0 Å². The number of nitrogens with one attached hydrogen (secondary N) is 2. The van der Waals surface area contributed by atoms with E-state index in [1.807, 2.05) is 32.0 Å². The summed E-state index contributed by atoms with van der Waals surface area (Å²) in [6.45, 7) is 4.94. The average Bonchev–Trinajstić information content (AvgIpc) is 2.42. The second-order valence-electron chi connectivity index (χ2n) is 3.80. The van der Waals surface area contributed by atoms with Crippen molar-refractivity contribution >= 4 is 17.3 Å². The minimum atomic E-state index is 0.792. The summed E-state index contributed by atoms with van der Waals surface area (Å²) in [4.78, 5) is 12.8. The van der Waals surface area contributed by atoms with Crippen molar-refractivity contribution < 1.29 is 0 Å². The number of pyridine rings is 1. The summed E-state index contributed by atoms with van der Waals surface area (Å²) < 4.78 is 0. The molecule has 0 amide bonds. The molecule has 2 aromatic rings. The molecule has 0 saturated heterocycles. The van der Waals surface area contributed by atoms with Crippen molar-refractivity contribution in [1.82, 2.24) is 15.0 Å².